The van der Waals surface area contributed by atoms with Gasteiger partial charge in [-0.3, -0.25) is 9.59 Å². The summed E-state index contributed by atoms with van der Waals surface area (Å²) in [5.74, 6) is 0.509. The Hall–Kier alpha value is -2.27. The summed E-state index contributed by atoms with van der Waals surface area (Å²) >= 11 is 1.50. The van der Waals surface area contributed by atoms with E-state index < -0.39 is 0 Å². The number of amides is 2. The lowest BCUT2D eigenvalue weighted by molar-refractivity contribution is -0.118. The number of benzene rings is 2. The Morgan fingerprint density at radius 3 is 2.67 bits per heavy atom. The zero-order chi connectivity index (χ0) is 19.4. The second-order valence-corrected chi connectivity index (χ2v) is 9.07. The number of carbonyl (C=O) groups is 2. The van der Waals surface area contributed by atoms with Crippen molar-refractivity contribution in [2.75, 3.05) is 22.5 Å². The number of carbonyl (C=O) groups excluding carboxylic acids is 2. The molecule has 2 aromatic carbocycles. The number of fused-ring (bicyclic) bond motifs is 1. The second-order valence-electron chi connectivity index (χ2n) is 8.03. The van der Waals surface area contributed by atoms with Gasteiger partial charge >= 0.3 is 0 Å². The average Bonchev–Trinajstić information content (AvgIpc) is 3.02. The van der Waals surface area contributed by atoms with Gasteiger partial charge in [0.15, 0.2) is 0 Å². The summed E-state index contributed by atoms with van der Waals surface area (Å²) in [5.41, 5.74) is 2.99. The van der Waals surface area contributed by atoms with Crippen LogP contribution in [0.3, 0.4) is 0 Å². The van der Waals surface area contributed by atoms with Crippen molar-refractivity contribution >= 4 is 35.0 Å². The van der Waals surface area contributed by atoms with Crippen LogP contribution in [0.2, 0.25) is 0 Å². The van der Waals surface area contributed by atoms with Gasteiger partial charge in [0.2, 0.25) is 11.8 Å². The topological polar surface area (TPSA) is 49.4 Å². The van der Waals surface area contributed by atoms with Crippen LogP contribution in [0.1, 0.15) is 32.8 Å². The molecular formula is C22H26N2O2S. The molecule has 3 rings (SSSR count). The van der Waals surface area contributed by atoms with Gasteiger partial charge in [-0.15, -0.1) is 11.8 Å². The molecule has 0 unspecified atom stereocenters. The van der Waals surface area contributed by atoms with E-state index in [-0.39, 0.29) is 17.2 Å². The molecule has 0 saturated heterocycles. The fourth-order valence-electron chi connectivity index (χ4n) is 3.17. The third-order valence-electron chi connectivity index (χ3n) is 4.36. The lowest BCUT2D eigenvalue weighted by Gasteiger charge is -2.18. The molecule has 0 radical (unpaired) electrons. The zero-order valence-electron chi connectivity index (χ0n) is 16.1. The van der Waals surface area contributed by atoms with E-state index in [2.05, 4.69) is 11.4 Å². The van der Waals surface area contributed by atoms with Gasteiger partial charge in [-0.1, -0.05) is 45.0 Å². The van der Waals surface area contributed by atoms with E-state index in [1.807, 2.05) is 68.1 Å². The van der Waals surface area contributed by atoms with Gasteiger partial charge in [0.05, 0.1) is 5.75 Å². The van der Waals surface area contributed by atoms with Gasteiger partial charge in [-0.2, -0.15) is 0 Å². The molecule has 2 amide bonds. The number of para-hydroxylation sites is 1. The minimum Gasteiger partial charge on any atom is -0.326 e. The van der Waals surface area contributed by atoms with Crippen molar-refractivity contribution in [3.63, 3.8) is 0 Å². The first-order valence-electron chi connectivity index (χ1n) is 9.23. The Morgan fingerprint density at radius 1 is 1.11 bits per heavy atom. The standard InChI is InChI=1S/C22H26N2O2S/c1-22(2,3)14-20(25)23-17-8-6-9-18(13-17)27-15-21(26)24-12-11-16-7-4-5-10-19(16)24/h4-10,13H,11-12,14-15H2,1-3H3,(H,23,25). The van der Waals surface area contributed by atoms with Crippen molar-refractivity contribution in [2.45, 2.75) is 38.5 Å². The fourth-order valence-corrected chi connectivity index (χ4v) is 4.00. The molecule has 0 aliphatic carbocycles. The fraction of sp³-hybridized carbons (Fsp3) is 0.364. The number of hydrogen-bond donors (Lipinski definition) is 1. The summed E-state index contributed by atoms with van der Waals surface area (Å²) in [5, 5.41) is 2.95. The highest BCUT2D eigenvalue weighted by Gasteiger charge is 2.24. The quantitative estimate of drug-likeness (QED) is 0.760. The highest BCUT2D eigenvalue weighted by molar-refractivity contribution is 8.00. The minimum atomic E-state index is -0.0467. The number of thioether (sulfide) groups is 1. The summed E-state index contributed by atoms with van der Waals surface area (Å²) < 4.78 is 0. The summed E-state index contributed by atoms with van der Waals surface area (Å²) in [4.78, 5) is 27.6. The molecule has 1 aliphatic heterocycles. The van der Waals surface area contributed by atoms with E-state index in [9.17, 15) is 9.59 Å². The molecule has 0 atom stereocenters. The summed E-state index contributed by atoms with van der Waals surface area (Å²) in [7, 11) is 0. The maximum absolute atomic E-state index is 12.6. The van der Waals surface area contributed by atoms with Gasteiger partial charge in [-0.05, 0) is 41.7 Å². The number of rotatable bonds is 5. The molecule has 0 saturated carbocycles. The van der Waals surface area contributed by atoms with Crippen molar-refractivity contribution in [3.05, 3.63) is 54.1 Å². The molecule has 1 N–H and O–H groups in total. The maximum Gasteiger partial charge on any atom is 0.237 e. The van der Waals surface area contributed by atoms with E-state index in [4.69, 9.17) is 0 Å². The first-order valence-corrected chi connectivity index (χ1v) is 10.2. The second kappa shape index (κ2) is 8.17. The van der Waals surface area contributed by atoms with Gasteiger partial charge in [-0.25, -0.2) is 0 Å². The van der Waals surface area contributed by atoms with Crippen molar-refractivity contribution in [1.29, 1.82) is 0 Å². The largest absolute Gasteiger partial charge is 0.326 e. The van der Waals surface area contributed by atoms with Gasteiger partial charge in [0.1, 0.15) is 0 Å². The van der Waals surface area contributed by atoms with Gasteiger partial charge in [0.25, 0.3) is 0 Å². The van der Waals surface area contributed by atoms with Crippen LogP contribution in [0.5, 0.6) is 0 Å². The number of nitrogens with one attached hydrogen (secondary N) is 1. The van der Waals surface area contributed by atoms with E-state index in [1.54, 1.807) is 0 Å². The predicted molar refractivity (Wildman–Crippen MR) is 112 cm³/mol. The van der Waals surface area contributed by atoms with Crippen LogP contribution in [0.4, 0.5) is 11.4 Å². The van der Waals surface area contributed by atoms with E-state index in [0.29, 0.717) is 12.2 Å². The van der Waals surface area contributed by atoms with Crippen molar-refractivity contribution in [3.8, 4) is 0 Å². The molecular weight excluding hydrogens is 356 g/mol. The number of nitrogens with zero attached hydrogens (tertiary/aromatic N) is 1. The molecule has 4 nitrogen and oxygen atoms in total. The van der Waals surface area contributed by atoms with Crippen LogP contribution in [-0.2, 0) is 16.0 Å². The number of anilines is 2. The molecule has 2 aromatic rings. The summed E-state index contributed by atoms with van der Waals surface area (Å²) in [6.45, 7) is 6.88. The molecule has 1 aliphatic rings. The molecule has 0 fully saturated rings. The molecule has 0 spiro atoms. The zero-order valence-corrected chi connectivity index (χ0v) is 16.9. The van der Waals surface area contributed by atoms with E-state index in [0.717, 1.165) is 29.2 Å². The molecule has 0 bridgehead atoms. The Balaban J connectivity index is 1.57. The highest BCUT2D eigenvalue weighted by atomic mass is 32.2. The molecule has 27 heavy (non-hydrogen) atoms. The van der Waals surface area contributed by atoms with Crippen LogP contribution in [0.25, 0.3) is 0 Å². The van der Waals surface area contributed by atoms with Crippen LogP contribution in [0.15, 0.2) is 53.4 Å². The lowest BCUT2D eigenvalue weighted by Crippen LogP contribution is -2.30. The maximum atomic E-state index is 12.6. The molecule has 1 heterocycles. The van der Waals surface area contributed by atoms with E-state index in [1.165, 1.54) is 17.3 Å². The highest BCUT2D eigenvalue weighted by Crippen LogP contribution is 2.29. The van der Waals surface area contributed by atoms with Crippen molar-refractivity contribution in [2.24, 2.45) is 5.41 Å². The Morgan fingerprint density at radius 2 is 1.89 bits per heavy atom. The summed E-state index contributed by atoms with van der Waals surface area (Å²) in [6.07, 6.45) is 1.39. The van der Waals surface area contributed by atoms with Crippen LogP contribution < -0.4 is 10.2 Å². The first-order chi connectivity index (χ1) is 12.8. The van der Waals surface area contributed by atoms with Gasteiger partial charge < -0.3 is 10.2 Å². The minimum absolute atomic E-state index is 0.00870. The Kier molecular flexibility index (Phi) is 5.90. The predicted octanol–water partition coefficient (Wildman–Crippen LogP) is 4.74. The smallest absolute Gasteiger partial charge is 0.237 e. The Bertz CT molecular complexity index is 842. The SMILES string of the molecule is CC(C)(C)CC(=O)Nc1cccc(SCC(=O)N2CCc3ccccc32)c1. The van der Waals surface area contributed by atoms with Crippen LogP contribution in [-0.4, -0.2) is 24.1 Å². The third-order valence-corrected chi connectivity index (χ3v) is 5.34. The van der Waals surface area contributed by atoms with Crippen LogP contribution >= 0.6 is 11.8 Å². The Labute approximate surface area is 165 Å². The van der Waals surface area contributed by atoms with Crippen molar-refractivity contribution < 1.29 is 9.59 Å². The monoisotopic (exact) mass is 382 g/mol. The van der Waals surface area contributed by atoms with E-state index >= 15 is 0 Å². The molecule has 142 valence electrons. The third kappa shape index (κ3) is 5.36. The first kappa shape index (κ1) is 19.5. The number of hydrogen-bond acceptors (Lipinski definition) is 3. The normalized spacial score (nSPS) is 13.4. The lowest BCUT2D eigenvalue weighted by atomic mass is 9.92. The summed E-state index contributed by atoms with van der Waals surface area (Å²) in [6, 6.07) is 15.8. The van der Waals surface area contributed by atoms with Crippen molar-refractivity contribution in [1.82, 2.24) is 0 Å². The van der Waals surface area contributed by atoms with Gasteiger partial charge in [0, 0.05) is 29.2 Å². The molecule has 5 heteroatoms. The molecule has 0 aromatic heterocycles. The van der Waals surface area contributed by atoms with Crippen LogP contribution in [0, 0.1) is 5.41 Å². The average molecular weight is 383 g/mol.